The molecule has 2 N–H and O–H groups in total. The zero-order chi connectivity index (χ0) is 17.8. The third-order valence-corrected chi connectivity index (χ3v) is 4.49. The molecule has 0 bridgehead atoms. The predicted molar refractivity (Wildman–Crippen MR) is 99.9 cm³/mol. The van der Waals surface area contributed by atoms with Crippen LogP contribution in [0.15, 0.2) is 48.5 Å². The van der Waals surface area contributed by atoms with Gasteiger partial charge in [0, 0.05) is 17.9 Å². The first kappa shape index (κ1) is 17.0. The number of hydrogen-bond donors (Lipinski definition) is 2. The van der Waals surface area contributed by atoms with Crippen molar-refractivity contribution in [1.82, 2.24) is 5.32 Å². The number of para-hydroxylation sites is 1. The summed E-state index contributed by atoms with van der Waals surface area (Å²) in [6.45, 7) is 4.45. The molecule has 0 saturated heterocycles. The lowest BCUT2D eigenvalue weighted by Gasteiger charge is -2.22. The molecule has 0 spiro atoms. The Bertz CT molecular complexity index is 771. The van der Waals surface area contributed by atoms with Gasteiger partial charge in [-0.25, -0.2) is 4.79 Å². The lowest BCUT2D eigenvalue weighted by atomic mass is 10.1. The molecule has 1 aliphatic heterocycles. The predicted octanol–water partition coefficient (Wildman–Crippen LogP) is 3.35. The molecule has 5 heteroatoms. The maximum Gasteiger partial charge on any atom is 0.319 e. The van der Waals surface area contributed by atoms with E-state index in [0.717, 1.165) is 18.5 Å². The zero-order valence-corrected chi connectivity index (χ0v) is 14.6. The average Bonchev–Trinajstić information content (AvgIpc) is 3.05. The molecular formula is C20H23N3O2. The van der Waals surface area contributed by atoms with Gasteiger partial charge in [0.05, 0.1) is 0 Å². The molecule has 0 aromatic heterocycles. The minimum Gasteiger partial charge on any atom is -0.326 e. The molecule has 1 heterocycles. The number of carbonyl (C=O) groups excluding carboxylic acids is 2. The van der Waals surface area contributed by atoms with Crippen molar-refractivity contribution < 1.29 is 9.59 Å². The van der Waals surface area contributed by atoms with E-state index in [9.17, 15) is 9.59 Å². The molecular weight excluding hydrogens is 314 g/mol. The fourth-order valence-electron chi connectivity index (χ4n) is 3.05. The standard InChI is InChI=1S/C20H23N3O2/c1-3-15-8-10-17(11-9-15)22-20(25)21-14(2)19(24)23-13-12-16-6-4-5-7-18(16)23/h4-11,14H,3,12-13H2,1-2H3,(H2,21,22,25)/t14-/m1/s1. The smallest absolute Gasteiger partial charge is 0.319 e. The monoisotopic (exact) mass is 337 g/mol. The minimum absolute atomic E-state index is 0.0959. The highest BCUT2D eigenvalue weighted by atomic mass is 16.2. The summed E-state index contributed by atoms with van der Waals surface area (Å²) in [5.74, 6) is -0.0959. The van der Waals surface area contributed by atoms with E-state index in [0.29, 0.717) is 12.2 Å². The second-order valence-electron chi connectivity index (χ2n) is 6.24. The molecule has 5 nitrogen and oxygen atoms in total. The topological polar surface area (TPSA) is 61.4 Å². The Kier molecular flexibility index (Phi) is 5.03. The van der Waals surface area contributed by atoms with Crippen LogP contribution < -0.4 is 15.5 Å². The van der Waals surface area contributed by atoms with Gasteiger partial charge in [-0.2, -0.15) is 0 Å². The van der Waals surface area contributed by atoms with Crippen LogP contribution in [0.5, 0.6) is 0 Å². The molecule has 2 aromatic rings. The van der Waals surface area contributed by atoms with E-state index in [1.54, 1.807) is 11.8 Å². The second-order valence-corrected chi connectivity index (χ2v) is 6.24. The number of urea groups is 1. The molecule has 0 fully saturated rings. The number of aryl methyl sites for hydroxylation is 1. The number of anilines is 2. The van der Waals surface area contributed by atoms with Crippen molar-refractivity contribution in [3.05, 3.63) is 59.7 Å². The van der Waals surface area contributed by atoms with Crippen LogP contribution in [0, 0.1) is 0 Å². The summed E-state index contributed by atoms with van der Waals surface area (Å²) >= 11 is 0. The summed E-state index contributed by atoms with van der Waals surface area (Å²) in [7, 11) is 0. The van der Waals surface area contributed by atoms with Crippen molar-refractivity contribution in [2.45, 2.75) is 32.7 Å². The molecule has 130 valence electrons. The summed E-state index contributed by atoms with van der Waals surface area (Å²) in [4.78, 5) is 26.6. The van der Waals surface area contributed by atoms with Crippen LogP contribution in [0.3, 0.4) is 0 Å². The fourth-order valence-corrected chi connectivity index (χ4v) is 3.05. The lowest BCUT2D eigenvalue weighted by Crippen LogP contribution is -2.47. The Labute approximate surface area is 148 Å². The van der Waals surface area contributed by atoms with Gasteiger partial charge in [0.25, 0.3) is 0 Å². The summed E-state index contributed by atoms with van der Waals surface area (Å²) in [6, 6.07) is 14.6. The van der Waals surface area contributed by atoms with Crippen LogP contribution in [0.2, 0.25) is 0 Å². The molecule has 0 radical (unpaired) electrons. The van der Waals surface area contributed by atoms with Gasteiger partial charge in [-0.05, 0) is 49.1 Å². The van der Waals surface area contributed by atoms with E-state index in [1.807, 2.05) is 48.5 Å². The molecule has 0 saturated carbocycles. The molecule has 0 unspecified atom stereocenters. The van der Waals surface area contributed by atoms with E-state index in [1.165, 1.54) is 11.1 Å². The van der Waals surface area contributed by atoms with Crippen LogP contribution in [-0.2, 0) is 17.6 Å². The van der Waals surface area contributed by atoms with E-state index >= 15 is 0 Å². The SMILES string of the molecule is CCc1ccc(NC(=O)N[C@H](C)C(=O)N2CCc3ccccc32)cc1. The molecule has 25 heavy (non-hydrogen) atoms. The number of carbonyl (C=O) groups is 2. The highest BCUT2D eigenvalue weighted by Gasteiger charge is 2.28. The molecule has 3 amide bonds. The summed E-state index contributed by atoms with van der Waals surface area (Å²) < 4.78 is 0. The first-order chi connectivity index (χ1) is 12.1. The normalized spacial score (nSPS) is 13.9. The average molecular weight is 337 g/mol. The Hall–Kier alpha value is -2.82. The Morgan fingerprint density at radius 1 is 1.12 bits per heavy atom. The van der Waals surface area contributed by atoms with Gasteiger partial charge in [0.2, 0.25) is 5.91 Å². The first-order valence-corrected chi connectivity index (χ1v) is 8.64. The zero-order valence-electron chi connectivity index (χ0n) is 14.6. The van der Waals surface area contributed by atoms with Gasteiger partial charge in [0.1, 0.15) is 6.04 Å². The van der Waals surface area contributed by atoms with Gasteiger partial charge in [-0.3, -0.25) is 4.79 Å². The first-order valence-electron chi connectivity index (χ1n) is 8.64. The summed E-state index contributed by atoms with van der Waals surface area (Å²) in [6.07, 6.45) is 1.81. The molecule has 0 aliphatic carbocycles. The van der Waals surface area contributed by atoms with Crippen LogP contribution in [-0.4, -0.2) is 24.5 Å². The van der Waals surface area contributed by atoms with Crippen LogP contribution >= 0.6 is 0 Å². The maximum atomic E-state index is 12.7. The maximum absolute atomic E-state index is 12.7. The van der Waals surface area contributed by atoms with Gasteiger partial charge in [-0.1, -0.05) is 37.3 Å². The highest BCUT2D eigenvalue weighted by Crippen LogP contribution is 2.27. The van der Waals surface area contributed by atoms with Crippen LogP contribution in [0.4, 0.5) is 16.2 Å². The van der Waals surface area contributed by atoms with Crippen molar-refractivity contribution in [3.63, 3.8) is 0 Å². The van der Waals surface area contributed by atoms with Gasteiger partial charge < -0.3 is 15.5 Å². The number of fused-ring (bicyclic) bond motifs is 1. The van der Waals surface area contributed by atoms with Gasteiger partial charge >= 0.3 is 6.03 Å². The third-order valence-electron chi connectivity index (χ3n) is 4.49. The van der Waals surface area contributed by atoms with Crippen LogP contribution in [0.1, 0.15) is 25.0 Å². The van der Waals surface area contributed by atoms with Crippen molar-refractivity contribution >= 4 is 23.3 Å². The number of hydrogen-bond acceptors (Lipinski definition) is 2. The lowest BCUT2D eigenvalue weighted by molar-refractivity contribution is -0.119. The summed E-state index contributed by atoms with van der Waals surface area (Å²) in [5.41, 5.74) is 4.03. The van der Waals surface area contributed by atoms with E-state index in [-0.39, 0.29) is 11.9 Å². The Balaban J connectivity index is 1.58. The Morgan fingerprint density at radius 2 is 1.84 bits per heavy atom. The van der Waals surface area contributed by atoms with Crippen molar-refractivity contribution in [3.8, 4) is 0 Å². The third kappa shape index (κ3) is 3.82. The van der Waals surface area contributed by atoms with Crippen molar-refractivity contribution in [2.75, 3.05) is 16.8 Å². The molecule has 1 atom stereocenters. The number of amides is 3. The summed E-state index contributed by atoms with van der Waals surface area (Å²) in [5, 5.41) is 5.49. The number of rotatable bonds is 4. The fraction of sp³-hybridized carbons (Fsp3) is 0.300. The van der Waals surface area contributed by atoms with Gasteiger partial charge in [-0.15, -0.1) is 0 Å². The second kappa shape index (κ2) is 7.38. The number of nitrogens with zero attached hydrogens (tertiary/aromatic N) is 1. The molecule has 2 aromatic carbocycles. The largest absolute Gasteiger partial charge is 0.326 e. The number of benzene rings is 2. The molecule has 3 rings (SSSR count). The van der Waals surface area contributed by atoms with Crippen LogP contribution in [0.25, 0.3) is 0 Å². The van der Waals surface area contributed by atoms with Crippen molar-refractivity contribution in [1.29, 1.82) is 0 Å². The highest BCUT2D eigenvalue weighted by molar-refractivity contribution is 6.01. The Morgan fingerprint density at radius 3 is 2.56 bits per heavy atom. The van der Waals surface area contributed by atoms with E-state index in [4.69, 9.17) is 0 Å². The quantitative estimate of drug-likeness (QED) is 0.899. The molecule has 1 aliphatic rings. The van der Waals surface area contributed by atoms with E-state index in [2.05, 4.69) is 17.6 Å². The van der Waals surface area contributed by atoms with E-state index < -0.39 is 6.04 Å². The minimum atomic E-state index is -0.596. The number of nitrogens with one attached hydrogen (secondary N) is 2. The van der Waals surface area contributed by atoms with Crippen molar-refractivity contribution in [2.24, 2.45) is 0 Å². The van der Waals surface area contributed by atoms with Gasteiger partial charge in [0.15, 0.2) is 0 Å².